The molecular formula is C16H29NO2. The van der Waals surface area contributed by atoms with E-state index in [1.54, 1.807) is 0 Å². The Bertz CT molecular complexity index is 353. The summed E-state index contributed by atoms with van der Waals surface area (Å²) in [4.78, 5) is 14.1. The third-order valence-corrected chi connectivity index (χ3v) is 5.33. The van der Waals surface area contributed by atoms with Gasteiger partial charge in [-0.2, -0.15) is 0 Å². The van der Waals surface area contributed by atoms with Gasteiger partial charge in [-0.25, -0.2) is 0 Å². The van der Waals surface area contributed by atoms with Crippen LogP contribution in [0.25, 0.3) is 0 Å². The van der Waals surface area contributed by atoms with Crippen molar-refractivity contribution in [2.75, 3.05) is 13.1 Å². The monoisotopic (exact) mass is 267 g/mol. The molecule has 2 aliphatic rings. The fourth-order valence-corrected chi connectivity index (χ4v) is 4.50. The zero-order valence-electron chi connectivity index (χ0n) is 12.9. The van der Waals surface area contributed by atoms with E-state index >= 15 is 0 Å². The molecule has 0 radical (unpaired) electrons. The van der Waals surface area contributed by atoms with Crippen LogP contribution in [0.4, 0.5) is 0 Å². The van der Waals surface area contributed by atoms with E-state index in [9.17, 15) is 9.90 Å². The summed E-state index contributed by atoms with van der Waals surface area (Å²) < 4.78 is 0. The lowest BCUT2D eigenvalue weighted by atomic mass is 9.82. The van der Waals surface area contributed by atoms with E-state index < -0.39 is 11.4 Å². The lowest BCUT2D eigenvalue weighted by Crippen LogP contribution is -2.40. The third kappa shape index (κ3) is 2.81. The molecule has 3 nitrogen and oxygen atoms in total. The highest BCUT2D eigenvalue weighted by Gasteiger charge is 2.49. The number of rotatable bonds is 4. The molecule has 0 spiro atoms. The Morgan fingerprint density at radius 1 is 1.37 bits per heavy atom. The number of hydrogen-bond acceptors (Lipinski definition) is 2. The summed E-state index contributed by atoms with van der Waals surface area (Å²) in [7, 11) is 0. The summed E-state index contributed by atoms with van der Waals surface area (Å²) in [5.41, 5.74) is -0.0511. The number of carboxylic acid groups (broad SMARTS) is 1. The summed E-state index contributed by atoms with van der Waals surface area (Å²) in [6, 6.07) is 0.591. The molecule has 1 N–H and O–H groups in total. The van der Waals surface area contributed by atoms with Gasteiger partial charge in [-0.3, -0.25) is 9.69 Å². The van der Waals surface area contributed by atoms with Crippen molar-refractivity contribution in [3.63, 3.8) is 0 Å². The molecule has 1 aliphatic heterocycles. The Labute approximate surface area is 117 Å². The van der Waals surface area contributed by atoms with E-state index in [-0.39, 0.29) is 0 Å². The first-order valence-corrected chi connectivity index (χ1v) is 7.77. The van der Waals surface area contributed by atoms with Gasteiger partial charge in [-0.1, -0.05) is 34.1 Å². The Morgan fingerprint density at radius 3 is 2.53 bits per heavy atom. The highest BCUT2D eigenvalue weighted by atomic mass is 16.4. The molecule has 2 fully saturated rings. The second-order valence-electron chi connectivity index (χ2n) is 7.67. The molecule has 1 saturated carbocycles. The smallest absolute Gasteiger partial charge is 0.310 e. The maximum atomic E-state index is 11.7. The van der Waals surface area contributed by atoms with Gasteiger partial charge in [0.05, 0.1) is 5.41 Å². The number of hydrogen-bond donors (Lipinski definition) is 1. The van der Waals surface area contributed by atoms with Crippen LogP contribution in [-0.4, -0.2) is 35.1 Å². The largest absolute Gasteiger partial charge is 0.481 e. The lowest BCUT2D eigenvalue weighted by molar-refractivity contribution is -0.148. The van der Waals surface area contributed by atoms with Crippen LogP contribution >= 0.6 is 0 Å². The van der Waals surface area contributed by atoms with Crippen molar-refractivity contribution >= 4 is 5.97 Å². The molecule has 0 aromatic heterocycles. The van der Waals surface area contributed by atoms with E-state index in [1.165, 1.54) is 12.8 Å². The van der Waals surface area contributed by atoms with E-state index in [0.29, 0.717) is 17.4 Å². The molecule has 0 aromatic rings. The lowest BCUT2D eigenvalue weighted by Gasteiger charge is -2.30. The topological polar surface area (TPSA) is 40.5 Å². The van der Waals surface area contributed by atoms with Crippen LogP contribution in [0.1, 0.15) is 59.8 Å². The van der Waals surface area contributed by atoms with Crippen molar-refractivity contribution in [1.82, 2.24) is 4.90 Å². The first kappa shape index (κ1) is 14.8. The Morgan fingerprint density at radius 2 is 2.05 bits per heavy atom. The van der Waals surface area contributed by atoms with Gasteiger partial charge >= 0.3 is 5.97 Å². The summed E-state index contributed by atoms with van der Waals surface area (Å²) in [5, 5.41) is 9.60. The van der Waals surface area contributed by atoms with Gasteiger partial charge < -0.3 is 5.11 Å². The zero-order valence-corrected chi connectivity index (χ0v) is 12.9. The molecule has 1 heterocycles. The summed E-state index contributed by atoms with van der Waals surface area (Å²) in [6.45, 7) is 10.8. The number of nitrogens with zero attached hydrogens (tertiary/aromatic N) is 1. The summed E-state index contributed by atoms with van der Waals surface area (Å²) in [6.07, 6.45) is 5.10. The van der Waals surface area contributed by atoms with E-state index in [1.807, 2.05) is 0 Å². The molecule has 1 saturated heterocycles. The van der Waals surface area contributed by atoms with Crippen molar-refractivity contribution in [3.05, 3.63) is 0 Å². The second-order valence-corrected chi connectivity index (χ2v) is 7.67. The fourth-order valence-electron chi connectivity index (χ4n) is 4.50. The zero-order chi connectivity index (χ0) is 14.3. The molecule has 3 unspecified atom stereocenters. The minimum absolute atomic E-state index is 0.420. The highest BCUT2D eigenvalue weighted by molar-refractivity contribution is 5.75. The minimum atomic E-state index is -0.582. The average Bonchev–Trinajstić information content (AvgIpc) is 2.81. The van der Waals surface area contributed by atoms with Gasteiger partial charge in [0.15, 0.2) is 0 Å². The van der Waals surface area contributed by atoms with Crippen molar-refractivity contribution in [1.29, 1.82) is 0 Å². The summed E-state index contributed by atoms with van der Waals surface area (Å²) >= 11 is 0. The maximum absolute atomic E-state index is 11.7. The standard InChI is InChI=1S/C16H29NO2/c1-5-6-16(14(18)19)7-8-17(11-16)13-10-15(3,4)9-12(13)2/h12-13H,5-11H2,1-4H3,(H,18,19). The Balaban J connectivity index is 2.07. The fraction of sp³-hybridized carbons (Fsp3) is 0.938. The van der Waals surface area contributed by atoms with E-state index in [4.69, 9.17) is 0 Å². The minimum Gasteiger partial charge on any atom is -0.481 e. The van der Waals surface area contributed by atoms with Crippen LogP contribution < -0.4 is 0 Å². The van der Waals surface area contributed by atoms with E-state index in [0.717, 1.165) is 32.4 Å². The Hall–Kier alpha value is -0.570. The number of carbonyl (C=O) groups is 1. The maximum Gasteiger partial charge on any atom is 0.310 e. The number of likely N-dealkylation sites (tertiary alicyclic amines) is 1. The van der Waals surface area contributed by atoms with Crippen LogP contribution in [-0.2, 0) is 4.79 Å². The van der Waals surface area contributed by atoms with Gasteiger partial charge in [-0.05, 0) is 43.6 Å². The second kappa shape index (κ2) is 5.08. The first-order valence-electron chi connectivity index (χ1n) is 7.77. The van der Waals surface area contributed by atoms with Crippen LogP contribution in [0, 0.1) is 16.7 Å². The van der Waals surface area contributed by atoms with Gasteiger partial charge in [0.25, 0.3) is 0 Å². The van der Waals surface area contributed by atoms with Gasteiger partial charge in [0, 0.05) is 12.6 Å². The van der Waals surface area contributed by atoms with Gasteiger partial charge in [0.2, 0.25) is 0 Å². The first-order chi connectivity index (χ1) is 8.80. The predicted molar refractivity (Wildman–Crippen MR) is 77.1 cm³/mol. The third-order valence-electron chi connectivity index (χ3n) is 5.33. The van der Waals surface area contributed by atoms with Crippen LogP contribution in [0.15, 0.2) is 0 Å². The van der Waals surface area contributed by atoms with Crippen LogP contribution in [0.3, 0.4) is 0 Å². The molecule has 110 valence electrons. The summed E-state index contributed by atoms with van der Waals surface area (Å²) in [5.74, 6) is 0.114. The van der Waals surface area contributed by atoms with Crippen molar-refractivity contribution in [2.24, 2.45) is 16.7 Å². The van der Waals surface area contributed by atoms with E-state index in [2.05, 4.69) is 32.6 Å². The quantitative estimate of drug-likeness (QED) is 0.849. The van der Waals surface area contributed by atoms with Crippen molar-refractivity contribution in [3.8, 4) is 0 Å². The SMILES string of the molecule is CCCC1(C(=O)O)CCN(C2CC(C)(C)CC2C)C1. The average molecular weight is 267 g/mol. The van der Waals surface area contributed by atoms with Crippen LogP contribution in [0.2, 0.25) is 0 Å². The number of aliphatic carboxylic acids is 1. The highest BCUT2D eigenvalue weighted by Crippen LogP contribution is 2.46. The molecule has 0 bridgehead atoms. The predicted octanol–water partition coefficient (Wildman–Crippen LogP) is 3.39. The van der Waals surface area contributed by atoms with Gasteiger partial charge in [0.1, 0.15) is 0 Å². The molecule has 1 aliphatic carbocycles. The Kier molecular flexibility index (Phi) is 3.97. The molecule has 19 heavy (non-hydrogen) atoms. The number of carboxylic acids is 1. The molecule has 2 rings (SSSR count). The van der Waals surface area contributed by atoms with Crippen molar-refractivity contribution < 1.29 is 9.90 Å². The molecule has 0 amide bonds. The van der Waals surface area contributed by atoms with Gasteiger partial charge in [-0.15, -0.1) is 0 Å². The molecular weight excluding hydrogens is 238 g/mol. The normalized spacial score (nSPS) is 38.7. The molecule has 3 atom stereocenters. The van der Waals surface area contributed by atoms with Crippen molar-refractivity contribution in [2.45, 2.75) is 65.8 Å². The van der Waals surface area contributed by atoms with Crippen LogP contribution in [0.5, 0.6) is 0 Å². The molecule has 3 heteroatoms. The molecule has 0 aromatic carbocycles.